The van der Waals surface area contributed by atoms with Gasteiger partial charge in [-0.25, -0.2) is 8.42 Å². The van der Waals surface area contributed by atoms with Crippen LogP contribution < -0.4 is 14.2 Å². The molecule has 0 amide bonds. The van der Waals surface area contributed by atoms with Crippen LogP contribution in [0.2, 0.25) is 0 Å². The van der Waals surface area contributed by atoms with Gasteiger partial charge in [0.05, 0.1) is 33.3 Å². The Morgan fingerprint density at radius 2 is 1.95 bits per heavy atom. The lowest BCUT2D eigenvalue weighted by molar-refractivity contribution is -0.667. The van der Waals surface area contributed by atoms with E-state index in [-0.39, 0.29) is 12.2 Å². The second-order valence-corrected chi connectivity index (χ2v) is 12.7. The molecule has 0 saturated carbocycles. The average Bonchev–Trinajstić information content (AvgIpc) is 3.44. The van der Waals surface area contributed by atoms with Gasteiger partial charge in [0.25, 0.3) is 5.01 Å². The number of thiazole rings is 1. The number of allylic oxidation sites excluding steroid dienone is 2. The topological polar surface area (TPSA) is 73.5 Å². The van der Waals surface area contributed by atoms with Gasteiger partial charge in [0, 0.05) is 35.8 Å². The third kappa shape index (κ3) is 5.47. The van der Waals surface area contributed by atoms with Gasteiger partial charge in [0.2, 0.25) is 5.52 Å². The van der Waals surface area contributed by atoms with Gasteiger partial charge in [-0.3, -0.25) is 0 Å². The highest BCUT2D eigenvalue weighted by Crippen LogP contribution is 2.47. The summed E-state index contributed by atoms with van der Waals surface area (Å²) in [5.41, 5.74) is 3.41. The summed E-state index contributed by atoms with van der Waals surface area (Å²) in [6.07, 6.45) is 5.56. The molecular weight excluding hydrogens is 537 g/mol. The number of aryl methyl sites for hydroxylation is 1. The number of hydrogen-bond acceptors (Lipinski definition) is 7. The number of hydrogen-bond donors (Lipinski definition) is 0. The molecule has 5 rings (SSSR count). The predicted octanol–water partition coefficient (Wildman–Crippen LogP) is 6.55. The van der Waals surface area contributed by atoms with E-state index in [1.165, 1.54) is 15.5 Å². The maximum absolute atomic E-state index is 11.3. The largest absolute Gasteiger partial charge is 0.748 e. The molecule has 0 N–H and O–H groups in total. The zero-order chi connectivity index (χ0) is 26.9. The summed E-state index contributed by atoms with van der Waals surface area (Å²) in [4.78, 5) is 3.51. The van der Waals surface area contributed by atoms with Crippen LogP contribution in [0.25, 0.3) is 27.1 Å². The molecule has 0 saturated heterocycles. The lowest BCUT2D eigenvalue weighted by Crippen LogP contribution is -2.36. The Kier molecular flexibility index (Phi) is 7.81. The van der Waals surface area contributed by atoms with Gasteiger partial charge >= 0.3 is 0 Å². The number of aromatic nitrogens is 1. The number of thioether (sulfide) groups is 1. The molecule has 198 valence electrons. The summed E-state index contributed by atoms with van der Waals surface area (Å²) in [6, 6.07) is 18.6. The molecule has 6 nitrogen and oxygen atoms in total. The van der Waals surface area contributed by atoms with Crippen molar-refractivity contribution in [1.29, 1.82) is 0 Å². The van der Waals surface area contributed by atoms with Crippen molar-refractivity contribution < 1.29 is 22.3 Å². The van der Waals surface area contributed by atoms with E-state index in [0.717, 1.165) is 50.4 Å². The van der Waals surface area contributed by atoms with Crippen molar-refractivity contribution in [1.82, 2.24) is 0 Å². The summed E-state index contributed by atoms with van der Waals surface area (Å²) in [6.45, 7) is 5.59. The van der Waals surface area contributed by atoms with E-state index in [9.17, 15) is 13.0 Å². The number of benzene rings is 3. The van der Waals surface area contributed by atoms with Crippen LogP contribution in [0.15, 0.2) is 76.2 Å². The first kappa shape index (κ1) is 26.7. The van der Waals surface area contributed by atoms with Gasteiger partial charge in [-0.15, -0.1) is 0 Å². The van der Waals surface area contributed by atoms with Crippen LogP contribution in [0.5, 0.6) is 5.75 Å². The third-order valence-corrected chi connectivity index (χ3v) is 9.67. The standard InChI is InChI=1S/C29H30N2O4S3/c1-4-20(17-27-30(5-2)24-19-22(35-3)12-14-25(24)36-27)18-28-31(15-8-16-38(32,33)34)29-23-10-7-6-9-21(23)11-13-26(29)37-28/h6-7,9-14,17-19H,4-5,8,15-16H2,1-3H3. The van der Waals surface area contributed by atoms with Crippen LogP contribution in [-0.4, -0.2) is 32.4 Å². The van der Waals surface area contributed by atoms with Crippen LogP contribution >= 0.6 is 23.1 Å². The molecule has 4 aromatic rings. The molecular formula is C29H30N2O4S3. The number of rotatable bonds is 9. The SMILES string of the molecule is CCC(=Cc1sc2ccc3ccccc3c2[n+]1CCCS(=O)(=O)[O-])C=C1Sc2ccc(OC)cc2N1CC. The van der Waals surface area contributed by atoms with E-state index in [2.05, 4.69) is 71.9 Å². The zero-order valence-electron chi connectivity index (χ0n) is 21.6. The molecule has 0 atom stereocenters. The van der Waals surface area contributed by atoms with E-state index < -0.39 is 10.1 Å². The van der Waals surface area contributed by atoms with Gasteiger partial charge in [-0.1, -0.05) is 54.3 Å². The molecule has 0 bridgehead atoms. The Morgan fingerprint density at radius 3 is 2.68 bits per heavy atom. The minimum absolute atomic E-state index is 0.269. The fraction of sp³-hybridized carbons (Fsp3) is 0.276. The first-order valence-electron chi connectivity index (χ1n) is 12.6. The summed E-state index contributed by atoms with van der Waals surface area (Å²) < 4.78 is 42.8. The normalized spacial score (nSPS) is 15.1. The Bertz CT molecular complexity index is 1670. The number of fused-ring (bicyclic) bond motifs is 4. The summed E-state index contributed by atoms with van der Waals surface area (Å²) in [7, 11) is -2.59. The van der Waals surface area contributed by atoms with Gasteiger partial charge in [-0.2, -0.15) is 4.57 Å². The van der Waals surface area contributed by atoms with Crippen molar-refractivity contribution in [3.05, 3.63) is 76.3 Å². The molecule has 2 heterocycles. The van der Waals surface area contributed by atoms with E-state index in [0.29, 0.717) is 6.54 Å². The first-order valence-corrected chi connectivity index (χ1v) is 15.9. The minimum atomic E-state index is -4.27. The quantitative estimate of drug-likeness (QED) is 0.169. The predicted molar refractivity (Wildman–Crippen MR) is 157 cm³/mol. The van der Waals surface area contributed by atoms with Crippen molar-refractivity contribution in [2.75, 3.05) is 24.3 Å². The van der Waals surface area contributed by atoms with Crippen molar-refractivity contribution in [3.8, 4) is 5.75 Å². The Balaban J connectivity index is 1.58. The van der Waals surface area contributed by atoms with Crippen LogP contribution in [0.3, 0.4) is 0 Å². The van der Waals surface area contributed by atoms with Gasteiger partial charge in [0.15, 0.2) is 6.54 Å². The average molecular weight is 567 g/mol. The number of ether oxygens (including phenoxy) is 1. The smallest absolute Gasteiger partial charge is 0.263 e. The lowest BCUT2D eigenvalue weighted by atomic mass is 10.1. The first-order chi connectivity index (χ1) is 18.3. The lowest BCUT2D eigenvalue weighted by Gasteiger charge is -2.18. The molecule has 38 heavy (non-hydrogen) atoms. The van der Waals surface area contributed by atoms with Gasteiger partial charge in [-0.05, 0) is 54.6 Å². The third-order valence-electron chi connectivity index (χ3n) is 6.67. The highest BCUT2D eigenvalue weighted by molar-refractivity contribution is 8.03. The van der Waals surface area contributed by atoms with Crippen LogP contribution in [0.1, 0.15) is 31.7 Å². The van der Waals surface area contributed by atoms with Crippen molar-refractivity contribution in [2.45, 2.75) is 38.1 Å². The monoisotopic (exact) mass is 566 g/mol. The highest BCUT2D eigenvalue weighted by Gasteiger charge is 2.26. The summed E-state index contributed by atoms with van der Waals surface area (Å²) >= 11 is 3.45. The van der Waals surface area contributed by atoms with E-state index >= 15 is 0 Å². The fourth-order valence-corrected chi connectivity index (χ4v) is 7.65. The number of methoxy groups -OCH3 is 1. The number of nitrogens with zero attached hydrogens (tertiary/aromatic N) is 2. The fourth-order valence-electron chi connectivity index (χ4n) is 4.81. The van der Waals surface area contributed by atoms with Crippen LogP contribution in [0, 0.1) is 0 Å². The zero-order valence-corrected chi connectivity index (χ0v) is 24.1. The molecule has 3 aromatic carbocycles. The molecule has 1 aliphatic rings. The van der Waals surface area contributed by atoms with E-state index in [4.69, 9.17) is 4.74 Å². The van der Waals surface area contributed by atoms with Crippen molar-refractivity contribution in [3.63, 3.8) is 0 Å². The molecule has 1 aromatic heterocycles. The molecule has 0 aliphatic carbocycles. The van der Waals surface area contributed by atoms with Gasteiger partial charge in [0.1, 0.15) is 10.4 Å². The molecule has 0 radical (unpaired) electrons. The molecule has 0 fully saturated rings. The van der Waals surface area contributed by atoms with Crippen molar-refractivity contribution in [2.24, 2.45) is 0 Å². The number of anilines is 1. The minimum Gasteiger partial charge on any atom is -0.748 e. The molecule has 0 spiro atoms. The van der Waals surface area contributed by atoms with Crippen LogP contribution in [-0.2, 0) is 16.7 Å². The Hall–Kier alpha value is -2.85. The maximum Gasteiger partial charge on any atom is 0.263 e. The Morgan fingerprint density at radius 1 is 1.13 bits per heavy atom. The summed E-state index contributed by atoms with van der Waals surface area (Å²) in [5, 5.41) is 4.46. The van der Waals surface area contributed by atoms with Gasteiger partial charge < -0.3 is 14.2 Å². The molecule has 0 unspecified atom stereocenters. The van der Waals surface area contributed by atoms with Crippen molar-refractivity contribution >= 4 is 66.0 Å². The maximum atomic E-state index is 11.3. The molecule has 9 heteroatoms. The van der Waals surface area contributed by atoms with Crippen LogP contribution in [0.4, 0.5) is 5.69 Å². The second kappa shape index (κ2) is 11.1. The highest BCUT2D eigenvalue weighted by atomic mass is 32.2. The Labute approximate surface area is 232 Å². The molecule has 1 aliphatic heterocycles. The second-order valence-electron chi connectivity index (χ2n) is 9.08. The summed E-state index contributed by atoms with van der Waals surface area (Å²) in [5.74, 6) is 0.466. The van der Waals surface area contributed by atoms with E-state index in [1.807, 2.05) is 18.2 Å². The van der Waals surface area contributed by atoms with E-state index in [1.54, 1.807) is 30.2 Å².